The zero-order chi connectivity index (χ0) is 26.2. The molecular formula is C28H33NO7S. The fraction of sp³-hybridized carbons (Fsp3) is 0.464. The minimum absolute atomic E-state index is 0.276. The molecule has 2 aromatic carbocycles. The molecule has 3 unspecified atom stereocenters. The van der Waals surface area contributed by atoms with Gasteiger partial charge in [0.1, 0.15) is 5.75 Å². The highest BCUT2D eigenvalue weighted by molar-refractivity contribution is 7.90. The van der Waals surface area contributed by atoms with Gasteiger partial charge in [0.05, 0.1) is 21.3 Å². The fourth-order valence-electron chi connectivity index (χ4n) is 6.87. The van der Waals surface area contributed by atoms with E-state index in [9.17, 15) is 4.79 Å². The Morgan fingerprint density at radius 1 is 1.05 bits per heavy atom. The Morgan fingerprint density at radius 3 is 2.49 bits per heavy atom. The number of methoxy groups -OCH3 is 3. The number of ketones is 1. The normalized spacial score (nSPS) is 27.3. The first-order valence-electron chi connectivity index (χ1n) is 12.5. The molecule has 3 aliphatic rings. The maximum absolute atomic E-state index is 13.8. The maximum atomic E-state index is 13.8. The van der Waals surface area contributed by atoms with Gasteiger partial charge in [0.25, 0.3) is 12.3 Å². The van der Waals surface area contributed by atoms with E-state index >= 15 is 0 Å². The van der Waals surface area contributed by atoms with Crippen molar-refractivity contribution in [2.45, 2.75) is 44.9 Å². The molecule has 0 heterocycles. The zero-order valence-corrected chi connectivity index (χ0v) is 22.4. The van der Waals surface area contributed by atoms with Crippen LogP contribution >= 0.6 is 12.3 Å². The highest BCUT2D eigenvalue weighted by Crippen LogP contribution is 2.61. The van der Waals surface area contributed by atoms with E-state index in [1.165, 1.54) is 11.1 Å². The van der Waals surface area contributed by atoms with Crippen LogP contribution in [-0.2, 0) is 20.5 Å². The van der Waals surface area contributed by atoms with Crippen molar-refractivity contribution in [2.24, 2.45) is 23.1 Å². The van der Waals surface area contributed by atoms with E-state index in [1.807, 2.05) is 24.3 Å². The third-order valence-corrected chi connectivity index (χ3v) is 8.96. The molecule has 2 aromatic rings. The monoisotopic (exact) mass is 527 g/mol. The molecule has 2 N–H and O–H groups in total. The van der Waals surface area contributed by atoms with E-state index in [-0.39, 0.29) is 11.2 Å². The lowest BCUT2D eigenvalue weighted by Crippen LogP contribution is -2.42. The quantitative estimate of drug-likeness (QED) is 0.155. The van der Waals surface area contributed by atoms with Crippen molar-refractivity contribution in [3.63, 3.8) is 0 Å². The largest absolute Gasteiger partial charge is 0.493 e. The molecule has 3 aliphatic carbocycles. The van der Waals surface area contributed by atoms with Crippen LogP contribution in [0.1, 0.15) is 55.2 Å². The summed E-state index contributed by atoms with van der Waals surface area (Å²) in [4.78, 5) is 17.9. The number of fused-ring (bicyclic) bond motifs is 5. The number of Topliss-reactive ketones (excluding diaryl/α,β-unsaturated/α-hetero) is 1. The Balaban J connectivity index is 1.41. The minimum atomic E-state index is -0.329. The number of rotatable bonds is 8. The highest BCUT2D eigenvalue weighted by Gasteiger charge is 2.56. The highest BCUT2D eigenvalue weighted by atomic mass is 32.2. The molecule has 4 atom stereocenters. The van der Waals surface area contributed by atoms with Crippen LogP contribution in [0.25, 0.3) is 6.08 Å². The molecule has 5 rings (SSSR count). The van der Waals surface area contributed by atoms with Crippen molar-refractivity contribution in [1.82, 2.24) is 0 Å². The average Bonchev–Trinajstić information content (AvgIpc) is 3.17. The average molecular weight is 528 g/mol. The molecule has 0 radical (unpaired) electrons. The molecule has 2 fully saturated rings. The molecule has 37 heavy (non-hydrogen) atoms. The summed E-state index contributed by atoms with van der Waals surface area (Å²) in [6, 6.07) is 9.99. The Kier molecular flexibility index (Phi) is 7.40. The fourth-order valence-corrected chi connectivity index (χ4v) is 7.11. The van der Waals surface area contributed by atoms with Crippen molar-refractivity contribution >= 4 is 24.2 Å². The molecule has 0 saturated heterocycles. The van der Waals surface area contributed by atoms with Gasteiger partial charge in [-0.3, -0.25) is 4.79 Å². The number of carbonyl (C=O) groups is 1. The van der Waals surface area contributed by atoms with Gasteiger partial charge in [0, 0.05) is 5.41 Å². The van der Waals surface area contributed by atoms with Crippen LogP contribution in [0.4, 0.5) is 0 Å². The van der Waals surface area contributed by atoms with Gasteiger partial charge >= 0.3 is 0 Å². The SMILES string of the molecule is COc1cc(/C=C2\CC3C4CCc5cc(OSOON)ccc5C4CC[C@]3(C)C2=O)cc(OC)c1OC. The van der Waals surface area contributed by atoms with Crippen molar-refractivity contribution in [3.8, 4) is 23.0 Å². The van der Waals surface area contributed by atoms with Crippen LogP contribution in [0.15, 0.2) is 35.9 Å². The zero-order valence-electron chi connectivity index (χ0n) is 21.6. The molecule has 0 aromatic heterocycles. The predicted molar refractivity (Wildman–Crippen MR) is 140 cm³/mol. The van der Waals surface area contributed by atoms with Gasteiger partial charge < -0.3 is 18.4 Å². The smallest absolute Gasteiger partial charge is 0.260 e. The van der Waals surface area contributed by atoms with Gasteiger partial charge in [-0.1, -0.05) is 13.0 Å². The first-order chi connectivity index (χ1) is 17.9. The van der Waals surface area contributed by atoms with Crippen LogP contribution in [0, 0.1) is 17.3 Å². The summed E-state index contributed by atoms with van der Waals surface area (Å²) < 4.78 is 26.5. The van der Waals surface area contributed by atoms with Crippen LogP contribution < -0.4 is 24.3 Å². The second-order valence-electron chi connectivity index (χ2n) is 10.2. The lowest BCUT2D eigenvalue weighted by Gasteiger charge is -2.48. The van der Waals surface area contributed by atoms with E-state index in [1.54, 1.807) is 21.3 Å². The van der Waals surface area contributed by atoms with Crippen LogP contribution in [0.5, 0.6) is 23.0 Å². The van der Waals surface area contributed by atoms with Gasteiger partial charge in [-0.25, -0.2) is 0 Å². The van der Waals surface area contributed by atoms with Gasteiger partial charge in [-0.2, -0.15) is 5.90 Å². The molecule has 0 spiro atoms. The second-order valence-corrected chi connectivity index (χ2v) is 10.6. The number of allylic oxidation sites excluding steroid dienone is 1. The third-order valence-electron chi connectivity index (χ3n) is 8.56. The number of carbonyl (C=O) groups excluding carboxylic acids is 1. The van der Waals surface area contributed by atoms with Gasteiger partial charge in [0.15, 0.2) is 17.3 Å². The molecular weight excluding hydrogens is 494 g/mol. The second kappa shape index (κ2) is 10.6. The molecule has 2 saturated carbocycles. The summed E-state index contributed by atoms with van der Waals surface area (Å²) in [5.41, 5.74) is 4.11. The van der Waals surface area contributed by atoms with Crippen LogP contribution in [0.2, 0.25) is 0 Å². The summed E-state index contributed by atoms with van der Waals surface area (Å²) in [5.74, 6) is 8.78. The molecule has 0 amide bonds. The van der Waals surface area contributed by atoms with E-state index in [0.29, 0.717) is 53.1 Å². The van der Waals surface area contributed by atoms with E-state index < -0.39 is 0 Å². The summed E-state index contributed by atoms with van der Waals surface area (Å²) in [6.07, 6.45) is 6.71. The Hall–Kier alpha value is -2.72. The van der Waals surface area contributed by atoms with Gasteiger partial charge in [-0.15, -0.1) is 9.32 Å². The number of benzene rings is 2. The topological polar surface area (TPSA) is 98.5 Å². The van der Waals surface area contributed by atoms with Crippen molar-refractivity contribution in [2.75, 3.05) is 21.3 Å². The Bertz CT molecular complexity index is 1190. The van der Waals surface area contributed by atoms with E-state index in [4.69, 9.17) is 24.3 Å². The first kappa shape index (κ1) is 25.9. The summed E-state index contributed by atoms with van der Waals surface area (Å²) in [7, 11) is 4.78. The van der Waals surface area contributed by atoms with Crippen LogP contribution in [0.3, 0.4) is 0 Å². The number of aryl methyl sites for hydroxylation is 1. The summed E-state index contributed by atoms with van der Waals surface area (Å²) >= 11 is 0.686. The third kappa shape index (κ3) is 4.58. The van der Waals surface area contributed by atoms with Crippen LogP contribution in [-0.4, -0.2) is 27.1 Å². The van der Waals surface area contributed by atoms with Gasteiger partial charge in [-0.05, 0) is 102 Å². The molecule has 9 heteroatoms. The number of ether oxygens (including phenoxy) is 3. The minimum Gasteiger partial charge on any atom is -0.493 e. The standard InChI is InChI=1S/C28H33NO7S/c1-28-10-9-21-20-8-6-19(34-37-36-35-29)14-17(20)5-7-22(21)23(28)15-18(27(28)30)11-16-12-24(31-2)26(33-4)25(13-16)32-3/h6,8,11-14,21-23H,5,7,9-10,15,29H2,1-4H3/b18-11+/t21?,22?,23?,28-/m0/s1. The first-order valence-corrected chi connectivity index (χ1v) is 13.1. The Labute approximate surface area is 221 Å². The lowest BCUT2D eigenvalue weighted by molar-refractivity contribution is -0.199. The Morgan fingerprint density at radius 2 is 1.81 bits per heavy atom. The molecule has 8 nitrogen and oxygen atoms in total. The summed E-state index contributed by atoms with van der Waals surface area (Å²) in [5, 5.41) is 0. The van der Waals surface area contributed by atoms with E-state index in [0.717, 1.165) is 43.2 Å². The molecule has 0 aliphatic heterocycles. The maximum Gasteiger partial charge on any atom is 0.260 e. The van der Waals surface area contributed by atoms with E-state index in [2.05, 4.69) is 28.4 Å². The lowest BCUT2D eigenvalue weighted by atomic mass is 9.55. The number of hydrogen-bond acceptors (Lipinski definition) is 9. The predicted octanol–water partition coefficient (Wildman–Crippen LogP) is 5.60. The molecule has 198 valence electrons. The van der Waals surface area contributed by atoms with Gasteiger partial charge in [0.2, 0.25) is 5.75 Å². The van der Waals surface area contributed by atoms with Crippen molar-refractivity contribution in [3.05, 3.63) is 52.6 Å². The molecule has 0 bridgehead atoms. The van der Waals surface area contributed by atoms with Crippen molar-refractivity contribution in [1.29, 1.82) is 0 Å². The van der Waals surface area contributed by atoms with Crippen molar-refractivity contribution < 1.29 is 32.5 Å². The number of nitrogens with two attached hydrogens (primary N) is 1. The number of hydrogen-bond donors (Lipinski definition) is 1. The summed E-state index contributed by atoms with van der Waals surface area (Å²) in [6.45, 7) is 2.18.